The largest absolute Gasteiger partial charge is 0.478 e. The van der Waals surface area contributed by atoms with Gasteiger partial charge in [-0.15, -0.1) is 0 Å². The molecule has 1 aliphatic heterocycles. The van der Waals surface area contributed by atoms with Crippen LogP contribution in [0.3, 0.4) is 0 Å². The van der Waals surface area contributed by atoms with Gasteiger partial charge in [-0.2, -0.15) is 0 Å². The molecular formula is C15H18FNO2. The highest BCUT2D eigenvalue weighted by Gasteiger charge is 2.35. The van der Waals surface area contributed by atoms with Gasteiger partial charge in [-0.05, 0) is 42.9 Å². The molecule has 1 saturated carbocycles. The van der Waals surface area contributed by atoms with Crippen LogP contribution in [-0.4, -0.2) is 29.1 Å². The number of rotatable bonds is 3. The van der Waals surface area contributed by atoms with E-state index in [1.165, 1.54) is 37.5 Å². The van der Waals surface area contributed by atoms with Crippen molar-refractivity contribution in [2.75, 3.05) is 13.1 Å². The second-order valence-electron chi connectivity index (χ2n) is 5.76. The molecule has 0 bridgehead atoms. The highest BCUT2D eigenvalue weighted by molar-refractivity contribution is 5.87. The maximum atomic E-state index is 13.8. The fourth-order valence-corrected chi connectivity index (χ4v) is 3.53. The Morgan fingerprint density at radius 1 is 1.32 bits per heavy atom. The first kappa shape index (κ1) is 12.6. The summed E-state index contributed by atoms with van der Waals surface area (Å²) >= 11 is 0. The second kappa shape index (κ2) is 4.93. The van der Waals surface area contributed by atoms with E-state index >= 15 is 0 Å². The van der Waals surface area contributed by atoms with Crippen molar-refractivity contribution in [3.8, 4) is 0 Å². The van der Waals surface area contributed by atoms with Crippen molar-refractivity contribution in [3.05, 3.63) is 35.1 Å². The zero-order valence-electron chi connectivity index (χ0n) is 10.8. The number of carbonyl (C=O) groups is 1. The topological polar surface area (TPSA) is 40.5 Å². The van der Waals surface area contributed by atoms with E-state index in [1.54, 1.807) is 0 Å². The smallest absolute Gasteiger partial charge is 0.335 e. The number of halogens is 1. The van der Waals surface area contributed by atoms with Crippen molar-refractivity contribution in [3.63, 3.8) is 0 Å². The third kappa shape index (κ3) is 2.50. The summed E-state index contributed by atoms with van der Waals surface area (Å²) in [6.07, 6.45) is 3.91. The van der Waals surface area contributed by atoms with Crippen molar-refractivity contribution < 1.29 is 14.3 Å². The highest BCUT2D eigenvalue weighted by Crippen LogP contribution is 2.38. The maximum absolute atomic E-state index is 13.8. The predicted octanol–water partition coefficient (Wildman–Crippen LogP) is 2.76. The predicted molar refractivity (Wildman–Crippen MR) is 69.5 cm³/mol. The molecule has 0 spiro atoms. The molecular weight excluding hydrogens is 245 g/mol. The SMILES string of the molecule is O=C(O)c1ccc(F)c(CN2CC3CCCC3C2)c1. The Balaban J connectivity index is 1.73. The zero-order valence-corrected chi connectivity index (χ0v) is 10.8. The third-order valence-electron chi connectivity index (χ3n) is 4.49. The number of benzene rings is 1. The summed E-state index contributed by atoms with van der Waals surface area (Å²) < 4.78 is 13.8. The Morgan fingerprint density at radius 2 is 2.00 bits per heavy atom. The summed E-state index contributed by atoms with van der Waals surface area (Å²) in [5, 5.41) is 8.96. The standard InChI is InChI=1S/C15H18FNO2/c16-14-5-4-10(15(18)19)6-13(14)9-17-7-11-2-1-3-12(11)8-17/h4-6,11-12H,1-3,7-9H2,(H,18,19). The molecule has 3 rings (SSSR count). The average molecular weight is 263 g/mol. The van der Waals surface area contributed by atoms with Gasteiger partial charge in [0.05, 0.1) is 5.56 Å². The summed E-state index contributed by atoms with van der Waals surface area (Å²) in [6, 6.07) is 4.04. The van der Waals surface area contributed by atoms with Gasteiger partial charge >= 0.3 is 5.97 Å². The molecule has 0 amide bonds. The van der Waals surface area contributed by atoms with Gasteiger partial charge < -0.3 is 5.11 Å². The number of hydrogen-bond acceptors (Lipinski definition) is 2. The van der Waals surface area contributed by atoms with Crippen molar-refractivity contribution in [2.45, 2.75) is 25.8 Å². The van der Waals surface area contributed by atoms with E-state index in [-0.39, 0.29) is 11.4 Å². The van der Waals surface area contributed by atoms with Crippen molar-refractivity contribution >= 4 is 5.97 Å². The molecule has 3 nitrogen and oxygen atoms in total. The monoisotopic (exact) mass is 263 g/mol. The van der Waals surface area contributed by atoms with Gasteiger partial charge in [0.25, 0.3) is 0 Å². The van der Waals surface area contributed by atoms with E-state index in [1.807, 2.05) is 0 Å². The van der Waals surface area contributed by atoms with Gasteiger partial charge in [0.1, 0.15) is 5.82 Å². The van der Waals surface area contributed by atoms with E-state index in [0.717, 1.165) is 24.9 Å². The van der Waals surface area contributed by atoms with E-state index in [2.05, 4.69) is 4.90 Å². The first-order valence-corrected chi connectivity index (χ1v) is 6.87. The van der Waals surface area contributed by atoms with E-state index < -0.39 is 5.97 Å². The quantitative estimate of drug-likeness (QED) is 0.911. The Morgan fingerprint density at radius 3 is 2.63 bits per heavy atom. The number of likely N-dealkylation sites (tertiary alicyclic amines) is 1. The lowest BCUT2D eigenvalue weighted by molar-refractivity contribution is 0.0696. The van der Waals surface area contributed by atoms with E-state index in [4.69, 9.17) is 5.11 Å². The fourth-order valence-electron chi connectivity index (χ4n) is 3.53. The minimum Gasteiger partial charge on any atom is -0.478 e. The summed E-state index contributed by atoms with van der Waals surface area (Å²) in [5.74, 6) is 0.234. The summed E-state index contributed by atoms with van der Waals surface area (Å²) in [7, 11) is 0. The van der Waals surface area contributed by atoms with Crippen LogP contribution in [0.1, 0.15) is 35.2 Å². The van der Waals surface area contributed by atoms with Gasteiger partial charge in [0.15, 0.2) is 0 Å². The molecule has 102 valence electrons. The molecule has 1 aromatic carbocycles. The number of fused-ring (bicyclic) bond motifs is 1. The Kier molecular flexibility index (Phi) is 3.27. The molecule has 2 aliphatic rings. The normalized spacial score (nSPS) is 26.6. The van der Waals surface area contributed by atoms with Crippen LogP contribution in [0, 0.1) is 17.7 Å². The molecule has 4 heteroatoms. The summed E-state index contributed by atoms with van der Waals surface area (Å²) in [5.41, 5.74) is 0.663. The fraction of sp³-hybridized carbons (Fsp3) is 0.533. The summed E-state index contributed by atoms with van der Waals surface area (Å²) in [6.45, 7) is 2.59. The van der Waals surface area contributed by atoms with Crippen molar-refractivity contribution in [1.82, 2.24) is 4.90 Å². The minimum atomic E-state index is -1.00. The van der Waals surface area contributed by atoms with E-state index in [0.29, 0.717) is 12.1 Å². The van der Waals surface area contributed by atoms with Crippen LogP contribution in [0.15, 0.2) is 18.2 Å². The van der Waals surface area contributed by atoms with Gasteiger partial charge in [0, 0.05) is 25.2 Å². The number of nitrogens with zero attached hydrogens (tertiary/aromatic N) is 1. The van der Waals surface area contributed by atoms with Crippen LogP contribution in [0.25, 0.3) is 0 Å². The molecule has 2 unspecified atom stereocenters. The third-order valence-corrected chi connectivity index (χ3v) is 4.49. The van der Waals surface area contributed by atoms with Gasteiger partial charge in [-0.25, -0.2) is 9.18 Å². The first-order chi connectivity index (χ1) is 9.13. The number of aromatic carboxylic acids is 1. The molecule has 0 radical (unpaired) electrons. The van der Waals surface area contributed by atoms with Crippen molar-refractivity contribution in [2.24, 2.45) is 11.8 Å². The van der Waals surface area contributed by atoms with Crippen LogP contribution in [0.2, 0.25) is 0 Å². The lowest BCUT2D eigenvalue weighted by atomic mass is 10.0. The molecule has 2 atom stereocenters. The molecule has 19 heavy (non-hydrogen) atoms. The molecule has 2 fully saturated rings. The Hall–Kier alpha value is -1.42. The Labute approximate surface area is 112 Å². The van der Waals surface area contributed by atoms with Crippen LogP contribution in [0.5, 0.6) is 0 Å². The Bertz CT molecular complexity index is 491. The molecule has 0 aromatic heterocycles. The van der Waals surface area contributed by atoms with E-state index in [9.17, 15) is 9.18 Å². The second-order valence-corrected chi connectivity index (χ2v) is 5.76. The molecule has 1 aromatic rings. The lowest BCUT2D eigenvalue weighted by Crippen LogP contribution is -2.22. The first-order valence-electron chi connectivity index (χ1n) is 6.87. The average Bonchev–Trinajstić information content (AvgIpc) is 2.92. The number of carboxylic acids is 1. The number of hydrogen-bond donors (Lipinski definition) is 1. The van der Waals surface area contributed by atoms with Gasteiger partial charge in [-0.1, -0.05) is 6.42 Å². The molecule has 1 heterocycles. The molecule has 1 aliphatic carbocycles. The van der Waals surface area contributed by atoms with Gasteiger partial charge in [-0.3, -0.25) is 4.90 Å². The number of carboxylic acid groups (broad SMARTS) is 1. The highest BCUT2D eigenvalue weighted by atomic mass is 19.1. The van der Waals surface area contributed by atoms with Crippen molar-refractivity contribution in [1.29, 1.82) is 0 Å². The van der Waals surface area contributed by atoms with Crippen LogP contribution in [-0.2, 0) is 6.54 Å². The van der Waals surface area contributed by atoms with Crippen LogP contribution < -0.4 is 0 Å². The minimum absolute atomic E-state index is 0.163. The maximum Gasteiger partial charge on any atom is 0.335 e. The zero-order chi connectivity index (χ0) is 13.4. The lowest BCUT2D eigenvalue weighted by Gasteiger charge is -2.17. The summed E-state index contributed by atoms with van der Waals surface area (Å²) in [4.78, 5) is 13.2. The van der Waals surface area contributed by atoms with Crippen LogP contribution in [0.4, 0.5) is 4.39 Å². The molecule has 1 saturated heterocycles. The van der Waals surface area contributed by atoms with Crippen LogP contribution >= 0.6 is 0 Å². The molecule has 1 N–H and O–H groups in total. The van der Waals surface area contributed by atoms with Gasteiger partial charge in [0.2, 0.25) is 0 Å².